The van der Waals surface area contributed by atoms with Gasteiger partial charge in [0.25, 0.3) is 0 Å². The average Bonchev–Trinajstić information content (AvgIpc) is 3.27. The van der Waals surface area contributed by atoms with E-state index in [2.05, 4.69) is 43.5 Å². The number of ether oxygens (including phenoxy) is 1. The second-order valence-corrected chi connectivity index (χ2v) is 18.9. The van der Waals surface area contributed by atoms with Crippen LogP contribution in [0.15, 0.2) is 24.3 Å². The highest BCUT2D eigenvalue weighted by Crippen LogP contribution is 2.17. The number of carbonyl (C=O) groups excluding carboxylic acids is 2. The molecule has 0 heterocycles. The number of rotatable bonds is 51. The van der Waals surface area contributed by atoms with E-state index in [0.29, 0.717) is 25.9 Å². The normalized spacial score (nSPS) is 12.8. The lowest BCUT2D eigenvalue weighted by atomic mass is 10.0. The molecule has 0 aliphatic carbocycles. The average molecular weight is 874 g/mol. The first kappa shape index (κ1) is 60.3. The monoisotopic (exact) mass is 874 g/mol. The molecular weight excluding hydrogens is 767 g/mol. The van der Waals surface area contributed by atoms with Crippen molar-refractivity contribution in [1.82, 2.24) is 5.32 Å². The first-order valence-corrected chi connectivity index (χ1v) is 27.6. The Kier molecular flexibility index (Phi) is 50.6. The maximum absolute atomic E-state index is 12.4. The third kappa shape index (κ3) is 47.8. The number of allylic oxidation sites excluding steroid dienone is 4. The lowest BCUT2D eigenvalue weighted by Gasteiger charge is -2.22. The molecule has 6 nitrogen and oxygen atoms in total. The van der Waals surface area contributed by atoms with Crippen molar-refractivity contribution in [3.05, 3.63) is 24.3 Å². The summed E-state index contributed by atoms with van der Waals surface area (Å²) in [6.45, 7) is 4.88. The molecular formula is C56H107NO5. The molecule has 0 spiro atoms. The summed E-state index contributed by atoms with van der Waals surface area (Å²) in [4.78, 5) is 24.4. The smallest absolute Gasteiger partial charge is 0.305 e. The maximum atomic E-state index is 12.4. The summed E-state index contributed by atoms with van der Waals surface area (Å²) in [6, 6.07) is -0.541. The predicted molar refractivity (Wildman–Crippen MR) is 269 cm³/mol. The fourth-order valence-corrected chi connectivity index (χ4v) is 8.50. The Labute approximate surface area is 386 Å². The summed E-state index contributed by atoms with van der Waals surface area (Å²) < 4.78 is 5.46. The Morgan fingerprint density at radius 1 is 0.452 bits per heavy atom. The van der Waals surface area contributed by atoms with Crippen LogP contribution in [0.2, 0.25) is 0 Å². The van der Waals surface area contributed by atoms with Gasteiger partial charge in [0.15, 0.2) is 0 Å². The minimum Gasteiger partial charge on any atom is -0.466 e. The number of amides is 1. The third-order valence-corrected chi connectivity index (χ3v) is 12.7. The van der Waals surface area contributed by atoms with E-state index in [1.54, 1.807) is 0 Å². The topological polar surface area (TPSA) is 95.9 Å². The highest BCUT2D eigenvalue weighted by molar-refractivity contribution is 5.76. The fourth-order valence-electron chi connectivity index (χ4n) is 8.50. The lowest BCUT2D eigenvalue weighted by Crippen LogP contribution is -2.45. The number of aliphatic hydroxyl groups excluding tert-OH is 2. The van der Waals surface area contributed by atoms with Crippen LogP contribution in [0.5, 0.6) is 0 Å². The molecule has 2 atom stereocenters. The van der Waals surface area contributed by atoms with Gasteiger partial charge in [-0.3, -0.25) is 9.59 Å². The van der Waals surface area contributed by atoms with E-state index in [1.807, 2.05) is 0 Å². The summed E-state index contributed by atoms with van der Waals surface area (Å²) in [7, 11) is 0. The Hall–Kier alpha value is -1.66. The van der Waals surface area contributed by atoms with E-state index < -0.39 is 12.1 Å². The molecule has 0 fully saturated rings. The second-order valence-electron chi connectivity index (χ2n) is 18.9. The summed E-state index contributed by atoms with van der Waals surface area (Å²) >= 11 is 0. The summed E-state index contributed by atoms with van der Waals surface area (Å²) in [5.74, 6) is -0.0421. The number of esters is 1. The van der Waals surface area contributed by atoms with Crippen molar-refractivity contribution in [3.63, 3.8) is 0 Å². The van der Waals surface area contributed by atoms with Crippen molar-refractivity contribution in [2.45, 2.75) is 309 Å². The minimum absolute atomic E-state index is 0.00484. The van der Waals surface area contributed by atoms with E-state index in [0.717, 1.165) is 51.4 Å². The molecule has 0 rings (SSSR count). The number of aliphatic hydroxyl groups is 2. The molecule has 0 aromatic carbocycles. The molecule has 0 radical (unpaired) electrons. The van der Waals surface area contributed by atoms with Crippen molar-refractivity contribution in [3.8, 4) is 0 Å². The molecule has 6 heteroatoms. The first-order valence-electron chi connectivity index (χ1n) is 27.6. The van der Waals surface area contributed by atoms with E-state index in [4.69, 9.17) is 4.74 Å². The largest absolute Gasteiger partial charge is 0.466 e. The maximum Gasteiger partial charge on any atom is 0.305 e. The predicted octanol–water partition coefficient (Wildman–Crippen LogP) is 16.7. The van der Waals surface area contributed by atoms with Crippen LogP contribution in [0.1, 0.15) is 296 Å². The van der Waals surface area contributed by atoms with Crippen LogP contribution in [-0.4, -0.2) is 47.4 Å². The van der Waals surface area contributed by atoms with Gasteiger partial charge in [0.2, 0.25) is 5.91 Å². The van der Waals surface area contributed by atoms with E-state index in [1.165, 1.54) is 212 Å². The van der Waals surface area contributed by atoms with E-state index in [9.17, 15) is 19.8 Å². The molecule has 1 amide bonds. The van der Waals surface area contributed by atoms with Gasteiger partial charge in [-0.2, -0.15) is 0 Å². The molecule has 0 saturated carbocycles. The van der Waals surface area contributed by atoms with Gasteiger partial charge in [0.05, 0.1) is 25.4 Å². The van der Waals surface area contributed by atoms with Gasteiger partial charge in [-0.1, -0.05) is 256 Å². The molecule has 2 unspecified atom stereocenters. The van der Waals surface area contributed by atoms with Gasteiger partial charge in [0.1, 0.15) is 0 Å². The number of nitrogens with one attached hydrogen (secondary N) is 1. The highest BCUT2D eigenvalue weighted by atomic mass is 16.5. The van der Waals surface area contributed by atoms with E-state index >= 15 is 0 Å². The van der Waals surface area contributed by atoms with E-state index in [-0.39, 0.29) is 18.5 Å². The Morgan fingerprint density at radius 2 is 0.839 bits per heavy atom. The van der Waals surface area contributed by atoms with Crippen LogP contribution in [0.3, 0.4) is 0 Å². The van der Waals surface area contributed by atoms with Gasteiger partial charge in [0, 0.05) is 12.8 Å². The number of hydrogen-bond acceptors (Lipinski definition) is 5. The summed E-state index contributed by atoms with van der Waals surface area (Å²) in [5, 5.41) is 23.2. The van der Waals surface area contributed by atoms with Gasteiger partial charge in [-0.15, -0.1) is 0 Å². The number of carbonyl (C=O) groups is 2. The van der Waals surface area contributed by atoms with Crippen LogP contribution >= 0.6 is 0 Å². The minimum atomic E-state index is -0.664. The molecule has 62 heavy (non-hydrogen) atoms. The molecule has 0 aromatic heterocycles. The van der Waals surface area contributed by atoms with Crippen molar-refractivity contribution in [2.75, 3.05) is 13.2 Å². The zero-order chi connectivity index (χ0) is 45.1. The zero-order valence-corrected chi connectivity index (χ0v) is 41.6. The van der Waals surface area contributed by atoms with Crippen molar-refractivity contribution < 1.29 is 24.5 Å². The highest BCUT2D eigenvalue weighted by Gasteiger charge is 2.20. The molecule has 0 bridgehead atoms. The lowest BCUT2D eigenvalue weighted by molar-refractivity contribution is -0.143. The van der Waals surface area contributed by atoms with Gasteiger partial charge >= 0.3 is 5.97 Å². The Balaban J connectivity index is 3.39. The van der Waals surface area contributed by atoms with Gasteiger partial charge in [-0.25, -0.2) is 0 Å². The Morgan fingerprint density at radius 3 is 1.29 bits per heavy atom. The number of hydrogen-bond donors (Lipinski definition) is 3. The van der Waals surface area contributed by atoms with Gasteiger partial charge < -0.3 is 20.3 Å². The van der Waals surface area contributed by atoms with Crippen molar-refractivity contribution >= 4 is 11.9 Å². The molecule has 366 valence electrons. The number of unbranched alkanes of at least 4 members (excludes halogenated alkanes) is 36. The molecule has 3 N–H and O–H groups in total. The zero-order valence-electron chi connectivity index (χ0n) is 41.6. The van der Waals surface area contributed by atoms with Crippen LogP contribution in [0, 0.1) is 0 Å². The van der Waals surface area contributed by atoms with Crippen LogP contribution < -0.4 is 5.32 Å². The quantitative estimate of drug-likeness (QED) is 0.0321. The molecule has 0 aromatic rings. The standard InChI is InChI=1S/C56H107NO5/c1-3-5-7-9-11-13-15-25-30-34-38-42-46-50-56(61)62-51-47-43-39-35-31-27-24-22-20-18-17-19-21-23-26-29-33-37-41-45-49-55(60)57-53(52-58)54(59)48-44-40-36-32-28-16-14-12-10-8-6-4-2/h7,9,13,15,53-54,58-59H,3-6,8,10-12,14,16-52H2,1-2H3,(H,57,60)/b9-7-,15-13-. The van der Waals surface area contributed by atoms with Crippen LogP contribution in [-0.2, 0) is 14.3 Å². The summed E-state index contributed by atoms with van der Waals surface area (Å²) in [5.41, 5.74) is 0. The first-order chi connectivity index (χ1) is 30.5. The molecule has 0 aliphatic rings. The molecule has 0 aliphatic heterocycles. The van der Waals surface area contributed by atoms with Gasteiger partial charge in [-0.05, 0) is 51.4 Å². The third-order valence-electron chi connectivity index (χ3n) is 12.7. The van der Waals surface area contributed by atoms with Crippen LogP contribution in [0.25, 0.3) is 0 Å². The van der Waals surface area contributed by atoms with Crippen LogP contribution in [0.4, 0.5) is 0 Å². The van der Waals surface area contributed by atoms with Crippen molar-refractivity contribution in [2.24, 2.45) is 0 Å². The SMILES string of the molecule is CCC/C=C\C/C=C\CCCCCCCC(=O)OCCCCCCCCCCCCCCCCCCCCCCC(=O)NC(CO)C(O)CCCCCCCCCCCCCC. The summed E-state index contributed by atoms with van der Waals surface area (Å²) in [6.07, 6.45) is 61.6. The molecule has 0 saturated heterocycles. The fraction of sp³-hybridized carbons (Fsp3) is 0.893. The Bertz CT molecular complexity index is 966. The van der Waals surface area contributed by atoms with Crippen molar-refractivity contribution in [1.29, 1.82) is 0 Å². The second kappa shape index (κ2) is 52.0.